The molecule has 2 fully saturated rings. The number of nitrogens with zero attached hydrogens (tertiary/aromatic N) is 3. The molecule has 0 unspecified atom stereocenters. The summed E-state index contributed by atoms with van der Waals surface area (Å²) in [4.78, 5) is 62.6. The molecule has 2 saturated heterocycles. The van der Waals surface area contributed by atoms with Crippen LogP contribution < -0.4 is 15.1 Å². The molecule has 2 aromatic carbocycles. The molecule has 278 valence electrons. The van der Waals surface area contributed by atoms with Gasteiger partial charge in [-0.25, -0.2) is 0 Å². The summed E-state index contributed by atoms with van der Waals surface area (Å²) in [5.74, 6) is -3.45. The van der Waals surface area contributed by atoms with Crippen LogP contribution in [0.3, 0.4) is 0 Å². The number of ether oxygens (including phenoxy) is 2. The number of benzene rings is 2. The van der Waals surface area contributed by atoms with Gasteiger partial charge in [0.1, 0.15) is 29.8 Å². The molecule has 11 nitrogen and oxygen atoms in total. The number of rotatable bonds is 11. The van der Waals surface area contributed by atoms with E-state index in [1.165, 1.54) is 0 Å². The lowest BCUT2D eigenvalue weighted by Crippen LogP contribution is -2.56. The predicted molar refractivity (Wildman–Crippen MR) is 202 cm³/mol. The van der Waals surface area contributed by atoms with Gasteiger partial charge in [-0.3, -0.25) is 19.2 Å². The van der Waals surface area contributed by atoms with E-state index in [0.717, 1.165) is 31.6 Å². The first-order valence-corrected chi connectivity index (χ1v) is 19.3. The third kappa shape index (κ3) is 7.43. The predicted octanol–water partition coefficient (Wildman–Crippen LogP) is 5.04. The Bertz CT molecular complexity index is 1660. The topological polar surface area (TPSA) is 129 Å². The van der Waals surface area contributed by atoms with Crippen LogP contribution in [0, 0.1) is 11.8 Å². The summed E-state index contributed by atoms with van der Waals surface area (Å²) in [7, 11) is 0. The van der Waals surface area contributed by atoms with Crippen molar-refractivity contribution in [1.82, 2.24) is 10.2 Å². The Balaban J connectivity index is 1.42. The minimum absolute atomic E-state index is 0.0651. The van der Waals surface area contributed by atoms with Crippen molar-refractivity contribution in [3.05, 3.63) is 82.9 Å². The van der Waals surface area contributed by atoms with Crippen LogP contribution in [-0.2, 0) is 28.7 Å². The summed E-state index contributed by atoms with van der Waals surface area (Å²) in [5, 5.41) is 12.2. The van der Waals surface area contributed by atoms with Crippen molar-refractivity contribution in [1.29, 1.82) is 0 Å². The highest BCUT2D eigenvalue weighted by Crippen LogP contribution is 2.59. The maximum absolute atomic E-state index is 15.2. The maximum atomic E-state index is 15.2. The van der Waals surface area contributed by atoms with Crippen molar-refractivity contribution in [3.8, 4) is 0 Å². The molecule has 4 aliphatic heterocycles. The fraction of sp³-hybridized carbons (Fsp3) is 0.500. The van der Waals surface area contributed by atoms with Crippen LogP contribution in [0.1, 0.15) is 64.0 Å². The van der Waals surface area contributed by atoms with Crippen molar-refractivity contribution >= 4 is 51.0 Å². The molecular formula is C40H49BrN4O7. The lowest BCUT2D eigenvalue weighted by atomic mass is 9.74. The second kappa shape index (κ2) is 16.8. The van der Waals surface area contributed by atoms with Crippen LogP contribution in [0.15, 0.2) is 77.3 Å². The molecule has 0 aliphatic carbocycles. The number of likely N-dealkylation sites (tertiary alicyclic amines) is 1. The SMILES string of the molecule is CCN(CC)c1ccc(N2C/C=C\CCC(=O)NC[C@@H](c3ccccc3)OC(=O)[C@@H]3[C@H]4O[C@@]5(C=C4Br)[C@H](C2=O)N(CCCCCCO)C(=O)[C@@H]35)cc1. The van der Waals surface area contributed by atoms with Gasteiger partial charge in [0.05, 0.1) is 12.5 Å². The number of aliphatic hydroxyl groups excluding tert-OH is 1. The number of nitrogens with one attached hydrogen (secondary N) is 1. The van der Waals surface area contributed by atoms with Gasteiger partial charge in [0, 0.05) is 55.1 Å². The van der Waals surface area contributed by atoms with Gasteiger partial charge < -0.3 is 34.6 Å². The van der Waals surface area contributed by atoms with Crippen LogP contribution in [0.2, 0.25) is 0 Å². The number of hydrogen-bond donors (Lipinski definition) is 2. The number of fused-ring (bicyclic) bond motifs is 2. The quantitative estimate of drug-likeness (QED) is 0.185. The number of amides is 3. The summed E-state index contributed by atoms with van der Waals surface area (Å²) in [6.45, 7) is 6.53. The van der Waals surface area contributed by atoms with Crippen molar-refractivity contribution in [2.24, 2.45) is 11.8 Å². The standard InChI is InChI=1S/C40H49BrN4O7/c1-3-43(4-2)28-18-20-29(21-19-28)44-22-13-8-11-17-32(47)42-26-31(27-15-9-7-10-16-27)51-39(50)33-34-37(48)45(23-12-5-6-14-24-46)36(38(44)49)40(34)25-30(41)35(33)52-40/h7-10,13,15-16,18-21,25,31,33-36,46H,3-6,11-12,14,17,22-24,26H2,1-2H3,(H,42,47)/b13-8-/t31-,33-,34+,35-,36-,40+/m0/s1. The molecule has 2 aromatic rings. The Kier molecular flexibility index (Phi) is 12.2. The average molecular weight is 778 g/mol. The highest BCUT2D eigenvalue weighted by atomic mass is 79.9. The number of unbranched alkanes of at least 4 members (excludes halogenated alkanes) is 3. The fourth-order valence-electron chi connectivity index (χ4n) is 8.08. The van der Waals surface area contributed by atoms with Crippen LogP contribution in [0.25, 0.3) is 0 Å². The zero-order valence-corrected chi connectivity index (χ0v) is 31.5. The van der Waals surface area contributed by atoms with E-state index in [1.54, 1.807) is 9.80 Å². The summed E-state index contributed by atoms with van der Waals surface area (Å²) in [6.07, 6.45) is 7.48. The zero-order valence-electron chi connectivity index (χ0n) is 29.9. The Morgan fingerprint density at radius 1 is 0.942 bits per heavy atom. The second-order valence-corrected chi connectivity index (χ2v) is 14.7. The first kappa shape index (κ1) is 37.7. The molecule has 0 saturated carbocycles. The Hall–Kier alpha value is -4.00. The number of aliphatic hydroxyl groups is 1. The smallest absolute Gasteiger partial charge is 0.313 e. The molecule has 3 amide bonds. The first-order chi connectivity index (χ1) is 25.2. The van der Waals surface area contributed by atoms with Crippen LogP contribution >= 0.6 is 15.9 Å². The molecule has 0 radical (unpaired) electrons. The summed E-state index contributed by atoms with van der Waals surface area (Å²) < 4.78 is 13.5. The van der Waals surface area contributed by atoms with Gasteiger partial charge in [-0.05, 0) is 69.0 Å². The Morgan fingerprint density at radius 2 is 1.67 bits per heavy atom. The molecule has 1 spiro atoms. The van der Waals surface area contributed by atoms with Gasteiger partial charge in [-0.2, -0.15) is 0 Å². The minimum Gasteiger partial charge on any atom is -0.455 e. The van der Waals surface area contributed by atoms with Gasteiger partial charge in [-0.1, -0.05) is 71.3 Å². The number of halogens is 1. The van der Waals surface area contributed by atoms with E-state index in [9.17, 15) is 19.5 Å². The van der Waals surface area contributed by atoms with E-state index >= 15 is 4.79 Å². The summed E-state index contributed by atoms with van der Waals surface area (Å²) in [6, 6.07) is 16.0. The van der Waals surface area contributed by atoms with Crippen molar-refractivity contribution in [2.75, 3.05) is 49.1 Å². The van der Waals surface area contributed by atoms with Crippen molar-refractivity contribution in [2.45, 2.75) is 76.2 Å². The highest BCUT2D eigenvalue weighted by molar-refractivity contribution is 9.11. The Morgan fingerprint density at radius 3 is 2.38 bits per heavy atom. The van der Waals surface area contributed by atoms with E-state index in [0.29, 0.717) is 41.5 Å². The van der Waals surface area contributed by atoms with Crippen molar-refractivity contribution in [3.63, 3.8) is 0 Å². The molecule has 5 bridgehead atoms. The zero-order chi connectivity index (χ0) is 36.8. The average Bonchev–Trinajstić information content (AvgIpc) is 3.75. The van der Waals surface area contributed by atoms with Crippen LogP contribution in [-0.4, -0.2) is 90.8 Å². The second-order valence-electron chi connectivity index (χ2n) is 13.8. The van der Waals surface area contributed by atoms with Crippen LogP contribution in [0.5, 0.6) is 0 Å². The number of allylic oxidation sites excluding steroid dienone is 1. The van der Waals surface area contributed by atoms with Gasteiger partial charge in [0.25, 0.3) is 5.91 Å². The van der Waals surface area contributed by atoms with Gasteiger partial charge in [0.2, 0.25) is 11.8 Å². The summed E-state index contributed by atoms with van der Waals surface area (Å²) in [5.41, 5.74) is 1.00. The number of hydrogen-bond acceptors (Lipinski definition) is 8. The van der Waals surface area contributed by atoms with E-state index in [1.807, 2.05) is 72.8 Å². The molecular weight excluding hydrogens is 728 g/mol. The third-order valence-corrected chi connectivity index (χ3v) is 11.4. The molecule has 12 heteroatoms. The first-order valence-electron chi connectivity index (χ1n) is 18.5. The normalized spacial score (nSPS) is 28.4. The molecule has 52 heavy (non-hydrogen) atoms. The monoisotopic (exact) mass is 776 g/mol. The lowest BCUT2D eigenvalue weighted by molar-refractivity contribution is -0.159. The number of carbonyl (C=O) groups is 4. The molecule has 4 heterocycles. The summed E-state index contributed by atoms with van der Waals surface area (Å²) >= 11 is 3.64. The largest absolute Gasteiger partial charge is 0.455 e. The molecule has 6 atom stereocenters. The molecule has 4 aliphatic rings. The Labute approximate surface area is 314 Å². The number of carbonyl (C=O) groups excluding carboxylic acids is 4. The maximum Gasteiger partial charge on any atom is 0.313 e. The van der Waals surface area contributed by atoms with E-state index in [2.05, 4.69) is 40.0 Å². The third-order valence-electron chi connectivity index (χ3n) is 10.7. The van der Waals surface area contributed by atoms with Gasteiger partial charge in [-0.15, -0.1) is 0 Å². The number of anilines is 2. The highest BCUT2D eigenvalue weighted by Gasteiger charge is 2.75. The van der Waals surface area contributed by atoms with E-state index < -0.39 is 41.7 Å². The lowest BCUT2D eigenvalue weighted by Gasteiger charge is -2.36. The molecule has 0 aromatic heterocycles. The van der Waals surface area contributed by atoms with Gasteiger partial charge in [0.15, 0.2) is 0 Å². The van der Waals surface area contributed by atoms with E-state index in [4.69, 9.17) is 9.47 Å². The van der Waals surface area contributed by atoms with Crippen LogP contribution in [0.4, 0.5) is 11.4 Å². The number of cyclic esters (lactones) is 1. The molecule has 6 rings (SSSR count). The minimum atomic E-state index is -1.40. The van der Waals surface area contributed by atoms with Gasteiger partial charge >= 0.3 is 5.97 Å². The number of esters is 1. The fourth-order valence-corrected chi connectivity index (χ4v) is 8.81. The van der Waals surface area contributed by atoms with E-state index in [-0.39, 0.29) is 43.8 Å². The molecule has 2 N–H and O–H groups in total. The van der Waals surface area contributed by atoms with Crippen molar-refractivity contribution < 1.29 is 33.8 Å².